The molecule has 4 aromatic rings. The van der Waals surface area contributed by atoms with Gasteiger partial charge >= 0.3 is 0 Å². The highest BCUT2D eigenvalue weighted by molar-refractivity contribution is 7.09. The molecule has 0 spiro atoms. The first-order chi connectivity index (χ1) is 16.2. The number of aromatic nitrogens is 4. The summed E-state index contributed by atoms with van der Waals surface area (Å²) in [4.78, 5) is 36.6. The van der Waals surface area contributed by atoms with Gasteiger partial charge in [0.1, 0.15) is 12.1 Å². The molecule has 4 heterocycles. The lowest BCUT2D eigenvalue weighted by Crippen LogP contribution is -2.35. The van der Waals surface area contributed by atoms with Crippen molar-refractivity contribution >= 4 is 45.7 Å². The molecular weight excluding hydrogens is 438 g/mol. The van der Waals surface area contributed by atoms with Gasteiger partial charge in [-0.1, -0.05) is 24.3 Å². The van der Waals surface area contributed by atoms with E-state index < -0.39 is 0 Å². The maximum absolute atomic E-state index is 12.7. The first kappa shape index (κ1) is 21.1. The predicted octanol–water partition coefficient (Wildman–Crippen LogP) is 2.67. The van der Waals surface area contributed by atoms with Crippen molar-refractivity contribution in [2.45, 2.75) is 19.5 Å². The molecule has 1 fully saturated rings. The highest BCUT2D eigenvalue weighted by atomic mass is 32.1. The minimum atomic E-state index is -0.359. The van der Waals surface area contributed by atoms with Crippen LogP contribution in [-0.4, -0.2) is 44.7 Å². The number of rotatable bonds is 8. The van der Waals surface area contributed by atoms with E-state index in [0.29, 0.717) is 31.8 Å². The molecule has 1 aliphatic rings. The largest absolute Gasteiger partial charge is 0.364 e. The number of nitrogens with zero attached hydrogens (tertiary/aromatic N) is 5. The smallest absolute Gasteiger partial charge is 0.227 e. The summed E-state index contributed by atoms with van der Waals surface area (Å²) in [6, 6.07) is 13.5. The minimum Gasteiger partial charge on any atom is -0.364 e. The fourth-order valence-electron chi connectivity index (χ4n) is 3.95. The standard InChI is InChI=1S/C23H23N7O2S/c31-20-11-16(14-29(20)17-5-2-1-3-6-17)23(32)24-8-9-30-22-19(13-28-30)21(26-15-27-22)25-12-18-7-4-10-33-18/h1-7,10,13,15-16H,8-9,11-12,14H2,(H,24,32)(H,25,26,27). The van der Waals surface area contributed by atoms with Crippen LogP contribution < -0.4 is 15.5 Å². The van der Waals surface area contributed by atoms with Crippen LogP contribution in [0.25, 0.3) is 11.0 Å². The van der Waals surface area contributed by atoms with Crippen LogP contribution in [0.3, 0.4) is 0 Å². The molecule has 0 aliphatic carbocycles. The van der Waals surface area contributed by atoms with Gasteiger partial charge in [0, 0.05) is 30.1 Å². The van der Waals surface area contributed by atoms with Crippen molar-refractivity contribution in [3.8, 4) is 0 Å². The molecule has 3 aromatic heterocycles. The average Bonchev–Trinajstić information content (AvgIpc) is 3.59. The quantitative estimate of drug-likeness (QED) is 0.418. The van der Waals surface area contributed by atoms with E-state index in [9.17, 15) is 9.59 Å². The Balaban J connectivity index is 1.17. The monoisotopic (exact) mass is 461 g/mol. The minimum absolute atomic E-state index is 0.0290. The van der Waals surface area contributed by atoms with Crippen molar-refractivity contribution in [2.75, 3.05) is 23.3 Å². The van der Waals surface area contributed by atoms with Gasteiger partial charge in [-0.15, -0.1) is 11.3 Å². The van der Waals surface area contributed by atoms with Crippen LogP contribution in [0.15, 0.2) is 60.4 Å². The molecule has 1 saturated heterocycles. The second-order valence-corrected chi connectivity index (χ2v) is 8.82. The van der Waals surface area contributed by atoms with Gasteiger partial charge in [-0.3, -0.25) is 9.59 Å². The van der Waals surface area contributed by atoms with E-state index in [-0.39, 0.29) is 24.2 Å². The molecule has 0 radical (unpaired) electrons. The summed E-state index contributed by atoms with van der Waals surface area (Å²) in [5, 5.41) is 13.6. The summed E-state index contributed by atoms with van der Waals surface area (Å²) in [6.07, 6.45) is 3.47. The highest BCUT2D eigenvalue weighted by Gasteiger charge is 2.34. The molecule has 2 amide bonds. The van der Waals surface area contributed by atoms with Gasteiger partial charge in [0.25, 0.3) is 0 Å². The Morgan fingerprint density at radius 2 is 2.03 bits per heavy atom. The lowest BCUT2D eigenvalue weighted by Gasteiger charge is -2.16. The fraction of sp³-hybridized carbons (Fsp3) is 0.261. The molecule has 168 valence electrons. The normalized spacial score (nSPS) is 15.8. The van der Waals surface area contributed by atoms with Gasteiger partial charge in [-0.2, -0.15) is 5.10 Å². The molecule has 0 saturated carbocycles. The van der Waals surface area contributed by atoms with Crippen LogP contribution in [0.1, 0.15) is 11.3 Å². The van der Waals surface area contributed by atoms with Gasteiger partial charge in [0.15, 0.2) is 5.65 Å². The Morgan fingerprint density at radius 1 is 1.15 bits per heavy atom. The Labute approximate surface area is 194 Å². The van der Waals surface area contributed by atoms with Gasteiger partial charge in [0.2, 0.25) is 11.8 Å². The van der Waals surface area contributed by atoms with Crippen LogP contribution >= 0.6 is 11.3 Å². The number of nitrogens with one attached hydrogen (secondary N) is 2. The maximum Gasteiger partial charge on any atom is 0.227 e. The van der Waals surface area contributed by atoms with E-state index in [0.717, 1.165) is 16.9 Å². The van der Waals surface area contributed by atoms with E-state index in [1.165, 1.54) is 11.2 Å². The molecule has 1 aliphatic heterocycles. The molecule has 1 atom stereocenters. The number of fused-ring (bicyclic) bond motifs is 1. The lowest BCUT2D eigenvalue weighted by molar-refractivity contribution is -0.126. The molecule has 9 nitrogen and oxygen atoms in total. The summed E-state index contributed by atoms with van der Waals surface area (Å²) < 4.78 is 1.75. The van der Waals surface area contributed by atoms with Crippen LogP contribution in [-0.2, 0) is 22.7 Å². The zero-order valence-electron chi connectivity index (χ0n) is 17.8. The van der Waals surface area contributed by atoms with Crippen molar-refractivity contribution in [2.24, 2.45) is 5.92 Å². The number of anilines is 2. The Hall–Kier alpha value is -3.79. The number of carbonyl (C=O) groups excluding carboxylic acids is 2. The number of thiophene rings is 1. The zero-order chi connectivity index (χ0) is 22.6. The third-order valence-electron chi connectivity index (χ3n) is 5.63. The highest BCUT2D eigenvalue weighted by Crippen LogP contribution is 2.25. The van der Waals surface area contributed by atoms with Crippen LogP contribution in [0.2, 0.25) is 0 Å². The van der Waals surface area contributed by atoms with Gasteiger partial charge in [-0.05, 0) is 23.6 Å². The van der Waals surface area contributed by atoms with Crippen molar-refractivity contribution < 1.29 is 9.59 Å². The van der Waals surface area contributed by atoms with Crippen molar-refractivity contribution in [1.29, 1.82) is 0 Å². The Bertz CT molecular complexity index is 1260. The van der Waals surface area contributed by atoms with Gasteiger partial charge < -0.3 is 15.5 Å². The predicted molar refractivity (Wildman–Crippen MR) is 127 cm³/mol. The molecule has 0 bridgehead atoms. The Kier molecular flexibility index (Phi) is 5.99. The summed E-state index contributed by atoms with van der Waals surface area (Å²) in [5.41, 5.74) is 1.53. The topological polar surface area (TPSA) is 105 Å². The average molecular weight is 462 g/mol. The summed E-state index contributed by atoms with van der Waals surface area (Å²) >= 11 is 1.68. The van der Waals surface area contributed by atoms with E-state index in [1.807, 2.05) is 41.8 Å². The second kappa shape index (κ2) is 9.37. The van der Waals surface area contributed by atoms with Crippen LogP contribution in [0.5, 0.6) is 0 Å². The van der Waals surface area contributed by atoms with E-state index in [1.54, 1.807) is 27.1 Å². The Morgan fingerprint density at radius 3 is 2.85 bits per heavy atom. The third-order valence-corrected chi connectivity index (χ3v) is 6.51. The third kappa shape index (κ3) is 4.56. The first-order valence-corrected chi connectivity index (χ1v) is 11.6. The number of hydrogen-bond donors (Lipinski definition) is 2. The number of benzene rings is 1. The first-order valence-electron chi connectivity index (χ1n) is 10.7. The van der Waals surface area contributed by atoms with E-state index in [2.05, 4.69) is 31.8 Å². The summed E-state index contributed by atoms with van der Waals surface area (Å²) in [6.45, 7) is 1.95. The molecule has 10 heteroatoms. The van der Waals surface area contributed by atoms with Crippen molar-refractivity contribution in [1.82, 2.24) is 25.1 Å². The SMILES string of the molecule is O=C(NCCn1ncc2c(NCc3cccs3)ncnc21)C1CC(=O)N(c2ccccc2)C1. The second-order valence-electron chi connectivity index (χ2n) is 7.79. The molecule has 5 rings (SSSR count). The lowest BCUT2D eigenvalue weighted by atomic mass is 10.1. The van der Waals surface area contributed by atoms with Crippen molar-refractivity contribution in [3.05, 3.63) is 65.2 Å². The number of carbonyl (C=O) groups is 2. The molecular formula is C23H23N7O2S. The molecule has 1 aromatic carbocycles. The van der Waals surface area contributed by atoms with E-state index >= 15 is 0 Å². The number of para-hydroxylation sites is 1. The van der Waals surface area contributed by atoms with Gasteiger partial charge in [-0.25, -0.2) is 14.6 Å². The number of hydrogen-bond acceptors (Lipinski definition) is 7. The van der Waals surface area contributed by atoms with E-state index in [4.69, 9.17) is 0 Å². The van der Waals surface area contributed by atoms with Crippen molar-refractivity contribution in [3.63, 3.8) is 0 Å². The van der Waals surface area contributed by atoms with Crippen LogP contribution in [0.4, 0.5) is 11.5 Å². The van der Waals surface area contributed by atoms with Crippen LogP contribution in [0, 0.1) is 5.92 Å². The molecule has 1 unspecified atom stereocenters. The maximum atomic E-state index is 12.7. The summed E-state index contributed by atoms with van der Waals surface area (Å²) in [7, 11) is 0. The fourth-order valence-corrected chi connectivity index (χ4v) is 4.60. The van der Waals surface area contributed by atoms with Gasteiger partial charge in [0.05, 0.1) is 30.6 Å². The summed E-state index contributed by atoms with van der Waals surface area (Å²) in [5.74, 6) is 0.224. The number of amides is 2. The molecule has 33 heavy (non-hydrogen) atoms. The zero-order valence-corrected chi connectivity index (χ0v) is 18.7. The molecule has 2 N–H and O–H groups in total.